The van der Waals surface area contributed by atoms with Crippen molar-refractivity contribution in [3.63, 3.8) is 0 Å². The number of pyridine rings is 1. The Bertz CT molecular complexity index is 475. The van der Waals surface area contributed by atoms with Crippen molar-refractivity contribution in [1.82, 2.24) is 9.88 Å². The third kappa shape index (κ3) is 3.76. The molecule has 0 aromatic carbocycles. The monoisotopic (exact) mass is 325 g/mol. The van der Waals surface area contributed by atoms with E-state index in [1.165, 1.54) is 6.92 Å². The first kappa shape index (κ1) is 14.0. The van der Waals surface area contributed by atoms with E-state index in [1.54, 1.807) is 17.2 Å². The summed E-state index contributed by atoms with van der Waals surface area (Å²) in [6.07, 6.45) is 3.32. The van der Waals surface area contributed by atoms with Crippen molar-refractivity contribution >= 4 is 33.6 Å². The molecule has 1 atom stereocenters. The molecule has 6 heteroatoms. The van der Waals surface area contributed by atoms with Crippen LogP contribution in [0.1, 0.15) is 19.8 Å². The number of anilines is 1. The Kier molecular flexibility index (Phi) is 4.52. The van der Waals surface area contributed by atoms with E-state index in [9.17, 15) is 9.59 Å². The van der Waals surface area contributed by atoms with Gasteiger partial charge in [-0.1, -0.05) is 0 Å². The largest absolute Gasteiger partial charge is 0.342 e. The molecule has 1 N–H and O–H groups in total. The van der Waals surface area contributed by atoms with Crippen molar-refractivity contribution in [3.05, 3.63) is 22.8 Å². The zero-order valence-corrected chi connectivity index (χ0v) is 12.3. The van der Waals surface area contributed by atoms with E-state index in [-0.39, 0.29) is 17.7 Å². The second-order valence-electron chi connectivity index (χ2n) is 4.66. The van der Waals surface area contributed by atoms with E-state index in [2.05, 4.69) is 26.2 Å². The van der Waals surface area contributed by atoms with Gasteiger partial charge in [-0.3, -0.25) is 9.59 Å². The molecule has 1 aliphatic rings. The van der Waals surface area contributed by atoms with Crippen LogP contribution < -0.4 is 5.32 Å². The fraction of sp³-hybridized carbons (Fsp3) is 0.462. The first-order valence-corrected chi connectivity index (χ1v) is 7.03. The quantitative estimate of drug-likeness (QED) is 0.905. The summed E-state index contributed by atoms with van der Waals surface area (Å²) in [6.45, 7) is 2.78. The first-order valence-electron chi connectivity index (χ1n) is 6.24. The number of amides is 2. The van der Waals surface area contributed by atoms with Gasteiger partial charge in [0.15, 0.2) is 0 Å². The van der Waals surface area contributed by atoms with Crippen molar-refractivity contribution in [2.24, 2.45) is 5.92 Å². The molecule has 5 nitrogen and oxygen atoms in total. The summed E-state index contributed by atoms with van der Waals surface area (Å²) in [7, 11) is 0. The molecule has 102 valence electrons. The van der Waals surface area contributed by atoms with Crippen molar-refractivity contribution in [1.29, 1.82) is 0 Å². The van der Waals surface area contributed by atoms with Crippen LogP contribution in [-0.2, 0) is 9.59 Å². The predicted octanol–water partition coefficient (Wildman–Crippen LogP) is 2.04. The van der Waals surface area contributed by atoms with E-state index in [0.29, 0.717) is 12.4 Å². The van der Waals surface area contributed by atoms with Crippen LogP contribution in [0.25, 0.3) is 0 Å². The molecule has 1 aromatic rings. The SMILES string of the molecule is CC(=O)N1CCCC(C(=O)Nc2ccc(Br)cn2)C1. The van der Waals surface area contributed by atoms with Crippen LogP contribution in [0.5, 0.6) is 0 Å². The van der Waals surface area contributed by atoms with Gasteiger partial charge in [-0.2, -0.15) is 0 Å². The van der Waals surface area contributed by atoms with Gasteiger partial charge in [0, 0.05) is 30.7 Å². The molecule has 1 fully saturated rings. The van der Waals surface area contributed by atoms with E-state index < -0.39 is 0 Å². The molecule has 0 spiro atoms. The summed E-state index contributed by atoms with van der Waals surface area (Å²) in [6, 6.07) is 3.57. The molecule has 1 unspecified atom stereocenters. The molecule has 1 aromatic heterocycles. The number of hydrogen-bond acceptors (Lipinski definition) is 3. The van der Waals surface area contributed by atoms with Gasteiger partial charge in [-0.15, -0.1) is 0 Å². The van der Waals surface area contributed by atoms with Gasteiger partial charge in [-0.05, 0) is 40.9 Å². The smallest absolute Gasteiger partial charge is 0.230 e. The number of aromatic nitrogens is 1. The Labute approximate surface area is 120 Å². The second-order valence-corrected chi connectivity index (χ2v) is 5.57. The van der Waals surface area contributed by atoms with Crippen LogP contribution in [0.4, 0.5) is 5.82 Å². The van der Waals surface area contributed by atoms with Crippen molar-refractivity contribution < 1.29 is 9.59 Å². The van der Waals surface area contributed by atoms with E-state index >= 15 is 0 Å². The number of carbonyl (C=O) groups excluding carboxylic acids is 2. The van der Waals surface area contributed by atoms with E-state index in [1.807, 2.05) is 6.07 Å². The Hall–Kier alpha value is -1.43. The minimum absolute atomic E-state index is 0.0271. The maximum absolute atomic E-state index is 12.1. The maximum atomic E-state index is 12.1. The molecule has 19 heavy (non-hydrogen) atoms. The lowest BCUT2D eigenvalue weighted by Crippen LogP contribution is -2.42. The lowest BCUT2D eigenvalue weighted by molar-refractivity contribution is -0.132. The Morgan fingerprint density at radius 3 is 2.89 bits per heavy atom. The Balaban J connectivity index is 1.96. The van der Waals surface area contributed by atoms with E-state index in [0.717, 1.165) is 23.9 Å². The Morgan fingerprint density at radius 1 is 1.47 bits per heavy atom. The zero-order valence-electron chi connectivity index (χ0n) is 10.7. The van der Waals surface area contributed by atoms with Gasteiger partial charge in [0.05, 0.1) is 5.92 Å². The number of likely N-dealkylation sites (tertiary alicyclic amines) is 1. The number of nitrogens with one attached hydrogen (secondary N) is 1. The van der Waals surface area contributed by atoms with Crippen LogP contribution in [0.15, 0.2) is 22.8 Å². The van der Waals surface area contributed by atoms with Gasteiger partial charge in [0.2, 0.25) is 11.8 Å². The predicted molar refractivity (Wildman–Crippen MR) is 75.5 cm³/mol. The minimum Gasteiger partial charge on any atom is -0.342 e. The van der Waals surface area contributed by atoms with Crippen LogP contribution in [0.2, 0.25) is 0 Å². The van der Waals surface area contributed by atoms with E-state index in [4.69, 9.17) is 0 Å². The standard InChI is InChI=1S/C13H16BrN3O2/c1-9(18)17-6-2-3-10(8-17)13(19)16-12-5-4-11(14)7-15-12/h4-5,7,10H,2-3,6,8H2,1H3,(H,15,16,19). The summed E-state index contributed by atoms with van der Waals surface area (Å²) < 4.78 is 0.867. The van der Waals surface area contributed by atoms with Crippen LogP contribution in [0.3, 0.4) is 0 Å². The molecular weight excluding hydrogens is 310 g/mol. The number of piperidine rings is 1. The number of carbonyl (C=O) groups is 2. The van der Waals surface area contributed by atoms with Gasteiger partial charge in [0.1, 0.15) is 5.82 Å². The van der Waals surface area contributed by atoms with Gasteiger partial charge in [0.25, 0.3) is 0 Å². The molecule has 0 aliphatic carbocycles. The highest BCUT2D eigenvalue weighted by atomic mass is 79.9. The van der Waals surface area contributed by atoms with Crippen molar-refractivity contribution in [2.45, 2.75) is 19.8 Å². The summed E-state index contributed by atoms with van der Waals surface area (Å²) in [5.41, 5.74) is 0. The lowest BCUT2D eigenvalue weighted by atomic mass is 9.97. The lowest BCUT2D eigenvalue weighted by Gasteiger charge is -2.31. The molecule has 1 saturated heterocycles. The first-order chi connectivity index (χ1) is 9.06. The minimum atomic E-state index is -0.150. The van der Waals surface area contributed by atoms with Crippen molar-refractivity contribution in [2.75, 3.05) is 18.4 Å². The van der Waals surface area contributed by atoms with Crippen LogP contribution >= 0.6 is 15.9 Å². The fourth-order valence-corrected chi connectivity index (χ4v) is 2.39. The summed E-state index contributed by atoms with van der Waals surface area (Å²) in [4.78, 5) is 29.3. The summed E-state index contributed by atoms with van der Waals surface area (Å²) >= 11 is 3.29. The van der Waals surface area contributed by atoms with Gasteiger partial charge < -0.3 is 10.2 Å². The molecule has 2 rings (SSSR count). The van der Waals surface area contributed by atoms with Crippen LogP contribution in [0, 0.1) is 5.92 Å². The van der Waals surface area contributed by atoms with Gasteiger partial charge in [-0.25, -0.2) is 4.98 Å². The maximum Gasteiger partial charge on any atom is 0.230 e. The van der Waals surface area contributed by atoms with Crippen LogP contribution in [-0.4, -0.2) is 34.8 Å². The molecule has 1 aliphatic heterocycles. The average Bonchev–Trinajstić information content (AvgIpc) is 2.41. The molecular formula is C13H16BrN3O2. The molecule has 2 heterocycles. The van der Waals surface area contributed by atoms with Gasteiger partial charge >= 0.3 is 0 Å². The molecule has 0 saturated carbocycles. The number of halogens is 1. The molecule has 0 radical (unpaired) electrons. The highest BCUT2D eigenvalue weighted by molar-refractivity contribution is 9.10. The van der Waals surface area contributed by atoms with Crippen molar-refractivity contribution in [3.8, 4) is 0 Å². The summed E-state index contributed by atoms with van der Waals surface area (Å²) in [5.74, 6) is 0.344. The third-order valence-corrected chi connectivity index (χ3v) is 3.69. The molecule has 0 bridgehead atoms. The topological polar surface area (TPSA) is 62.3 Å². The fourth-order valence-electron chi connectivity index (χ4n) is 2.16. The normalized spacial score (nSPS) is 19.1. The number of hydrogen-bond donors (Lipinski definition) is 1. The second kappa shape index (κ2) is 6.14. The number of rotatable bonds is 2. The highest BCUT2D eigenvalue weighted by Crippen LogP contribution is 2.18. The summed E-state index contributed by atoms with van der Waals surface area (Å²) in [5, 5.41) is 2.79. The number of nitrogens with zero attached hydrogens (tertiary/aromatic N) is 2. The third-order valence-electron chi connectivity index (χ3n) is 3.22. The zero-order chi connectivity index (χ0) is 13.8. The Morgan fingerprint density at radius 2 is 2.26 bits per heavy atom. The molecule has 2 amide bonds. The highest BCUT2D eigenvalue weighted by Gasteiger charge is 2.27. The average molecular weight is 326 g/mol.